The number of pyridine rings is 1. The van der Waals surface area contributed by atoms with Gasteiger partial charge in [-0.25, -0.2) is 14.2 Å². The van der Waals surface area contributed by atoms with Gasteiger partial charge in [-0.3, -0.25) is 9.78 Å². The summed E-state index contributed by atoms with van der Waals surface area (Å²) in [7, 11) is 0. The maximum atomic E-state index is 14.0. The van der Waals surface area contributed by atoms with Crippen molar-refractivity contribution in [3.8, 4) is 5.75 Å². The molecule has 4 rings (SSSR count). The Morgan fingerprint density at radius 2 is 2.09 bits per heavy atom. The zero-order valence-corrected chi connectivity index (χ0v) is 17.4. The first-order chi connectivity index (χ1) is 15.8. The van der Waals surface area contributed by atoms with E-state index in [2.05, 4.69) is 20.0 Å². The van der Waals surface area contributed by atoms with Gasteiger partial charge in [0.2, 0.25) is 5.76 Å². The number of amides is 1. The molecule has 9 nitrogen and oxygen atoms in total. The van der Waals surface area contributed by atoms with Crippen LogP contribution in [0, 0.1) is 5.82 Å². The van der Waals surface area contributed by atoms with Crippen molar-refractivity contribution in [2.45, 2.75) is 26.0 Å². The van der Waals surface area contributed by atoms with Gasteiger partial charge in [0, 0.05) is 36.8 Å². The molecule has 0 aliphatic carbocycles. The van der Waals surface area contributed by atoms with Crippen molar-refractivity contribution < 1.29 is 36.7 Å². The number of oxazole rings is 1. The van der Waals surface area contributed by atoms with Gasteiger partial charge < -0.3 is 24.1 Å². The predicted molar refractivity (Wildman–Crippen MR) is 109 cm³/mol. The number of anilines is 1. The van der Waals surface area contributed by atoms with Crippen molar-refractivity contribution in [2.75, 3.05) is 24.6 Å². The molecule has 1 aliphatic rings. The maximum absolute atomic E-state index is 14.0. The Balaban J connectivity index is 1.41. The number of hydrogen-bond acceptors (Lipinski definition) is 8. The molecule has 2 aromatic heterocycles. The lowest BCUT2D eigenvalue weighted by molar-refractivity contribution is -0.0520. The molecule has 33 heavy (non-hydrogen) atoms. The minimum absolute atomic E-state index is 0.00378. The number of fused-ring (bicyclic) bond motifs is 1. The summed E-state index contributed by atoms with van der Waals surface area (Å²) in [6.07, 6.45) is 3.16. The highest BCUT2D eigenvalue weighted by atomic mass is 19.3. The number of aromatic nitrogens is 2. The van der Waals surface area contributed by atoms with E-state index < -0.39 is 30.1 Å². The molecule has 0 spiro atoms. The number of esters is 1. The summed E-state index contributed by atoms with van der Waals surface area (Å²) >= 11 is 0. The molecule has 1 saturated heterocycles. The molecule has 12 heteroatoms. The Morgan fingerprint density at radius 1 is 1.27 bits per heavy atom. The second-order valence-corrected chi connectivity index (χ2v) is 7.21. The average molecular weight is 464 g/mol. The zero-order valence-electron chi connectivity index (χ0n) is 17.4. The van der Waals surface area contributed by atoms with E-state index in [1.807, 2.05) is 0 Å². The SMILES string of the molecule is CCOC(=O)c1cnc(N2CC[C@H](NC(=O)c3cnc4cc(OC(F)F)c(F)cc4c3)C2)o1. The van der Waals surface area contributed by atoms with E-state index in [9.17, 15) is 22.8 Å². The first kappa shape index (κ1) is 22.4. The van der Waals surface area contributed by atoms with Crippen LogP contribution in [-0.2, 0) is 4.74 Å². The number of benzene rings is 1. The van der Waals surface area contributed by atoms with Crippen molar-refractivity contribution in [3.05, 3.63) is 47.7 Å². The molecule has 3 heterocycles. The molecule has 0 unspecified atom stereocenters. The van der Waals surface area contributed by atoms with Crippen LogP contribution >= 0.6 is 0 Å². The van der Waals surface area contributed by atoms with Crippen molar-refractivity contribution in [1.82, 2.24) is 15.3 Å². The lowest BCUT2D eigenvalue weighted by Gasteiger charge is -2.15. The standard InChI is InChI=1S/C21H19F3N4O5/c1-2-31-19(30)17-9-26-21(33-17)28-4-3-13(10-28)27-18(29)12-5-11-6-14(22)16(32-20(23)24)7-15(11)25-8-12/h5-9,13,20H,2-4,10H2,1H3,(H,27,29)/t13-/m0/s1. The number of carbonyl (C=O) groups is 2. The molecule has 1 amide bonds. The molecule has 0 radical (unpaired) electrons. The molecule has 1 aliphatic heterocycles. The largest absolute Gasteiger partial charge is 0.460 e. The minimum atomic E-state index is -3.17. The Morgan fingerprint density at radius 3 is 2.85 bits per heavy atom. The van der Waals surface area contributed by atoms with Crippen LogP contribution in [0.15, 0.2) is 35.0 Å². The quantitative estimate of drug-likeness (QED) is 0.532. The van der Waals surface area contributed by atoms with Gasteiger partial charge in [-0.05, 0) is 25.5 Å². The number of nitrogens with zero attached hydrogens (tertiary/aromatic N) is 3. The summed E-state index contributed by atoms with van der Waals surface area (Å²) in [4.78, 5) is 34.3. The van der Waals surface area contributed by atoms with Crippen LogP contribution in [0.1, 0.15) is 34.3 Å². The van der Waals surface area contributed by atoms with Gasteiger partial charge >= 0.3 is 12.6 Å². The molecule has 1 fully saturated rings. The van der Waals surface area contributed by atoms with Gasteiger partial charge in [-0.1, -0.05) is 0 Å². The van der Waals surface area contributed by atoms with Gasteiger partial charge in [0.25, 0.3) is 11.9 Å². The smallest absolute Gasteiger partial charge is 0.387 e. The first-order valence-electron chi connectivity index (χ1n) is 10.1. The van der Waals surface area contributed by atoms with Crippen molar-refractivity contribution in [3.63, 3.8) is 0 Å². The van der Waals surface area contributed by atoms with E-state index in [1.165, 1.54) is 18.5 Å². The third-order valence-electron chi connectivity index (χ3n) is 4.98. The van der Waals surface area contributed by atoms with Crippen molar-refractivity contribution in [1.29, 1.82) is 0 Å². The Bertz CT molecular complexity index is 1190. The van der Waals surface area contributed by atoms with Crippen molar-refractivity contribution >= 4 is 28.8 Å². The van der Waals surface area contributed by atoms with Gasteiger partial charge in [0.1, 0.15) is 0 Å². The second kappa shape index (κ2) is 9.35. The van der Waals surface area contributed by atoms with Crippen LogP contribution in [0.25, 0.3) is 10.9 Å². The van der Waals surface area contributed by atoms with Crippen LogP contribution in [-0.4, -0.2) is 54.2 Å². The third kappa shape index (κ3) is 4.99. The molecule has 1 aromatic carbocycles. The van der Waals surface area contributed by atoms with Gasteiger partial charge in [-0.2, -0.15) is 8.78 Å². The van der Waals surface area contributed by atoms with E-state index in [0.717, 1.165) is 12.1 Å². The van der Waals surface area contributed by atoms with Gasteiger partial charge in [0.15, 0.2) is 11.6 Å². The van der Waals surface area contributed by atoms with Crippen LogP contribution in [0.5, 0.6) is 5.75 Å². The van der Waals surface area contributed by atoms with Crippen LogP contribution in [0.2, 0.25) is 0 Å². The fourth-order valence-electron chi connectivity index (χ4n) is 3.47. The van der Waals surface area contributed by atoms with Crippen LogP contribution < -0.4 is 15.0 Å². The third-order valence-corrected chi connectivity index (χ3v) is 4.98. The lowest BCUT2D eigenvalue weighted by Crippen LogP contribution is -2.37. The van der Waals surface area contributed by atoms with Crippen LogP contribution in [0.4, 0.5) is 19.2 Å². The molecule has 1 atom stereocenters. The van der Waals surface area contributed by atoms with Gasteiger partial charge in [0.05, 0.1) is 23.9 Å². The maximum Gasteiger partial charge on any atom is 0.387 e. The van der Waals surface area contributed by atoms with Gasteiger partial charge in [-0.15, -0.1) is 0 Å². The number of nitrogens with one attached hydrogen (secondary N) is 1. The summed E-state index contributed by atoms with van der Waals surface area (Å²) in [5.41, 5.74) is 0.389. The molecule has 1 N–H and O–H groups in total. The van der Waals surface area contributed by atoms with E-state index in [1.54, 1.807) is 11.8 Å². The molecule has 0 bridgehead atoms. The fraction of sp³-hybridized carbons (Fsp3) is 0.333. The monoisotopic (exact) mass is 464 g/mol. The second-order valence-electron chi connectivity index (χ2n) is 7.21. The molecule has 3 aromatic rings. The molecular formula is C21H19F3N4O5. The number of hydrogen-bond donors (Lipinski definition) is 1. The highest BCUT2D eigenvalue weighted by molar-refractivity contribution is 5.97. The van der Waals surface area contributed by atoms with E-state index >= 15 is 0 Å². The Labute approximate surface area is 185 Å². The Hall–Kier alpha value is -3.83. The minimum Gasteiger partial charge on any atom is -0.460 e. The van der Waals surface area contributed by atoms with E-state index in [0.29, 0.717) is 19.5 Å². The zero-order chi connectivity index (χ0) is 23.5. The summed E-state index contributed by atoms with van der Waals surface area (Å²) in [6.45, 7) is -0.321. The number of alkyl halides is 2. The van der Waals surface area contributed by atoms with Crippen LogP contribution in [0.3, 0.4) is 0 Å². The summed E-state index contributed by atoms with van der Waals surface area (Å²) in [5.74, 6) is -2.64. The first-order valence-corrected chi connectivity index (χ1v) is 10.1. The molecular weight excluding hydrogens is 445 g/mol. The highest BCUT2D eigenvalue weighted by Crippen LogP contribution is 2.26. The number of carbonyl (C=O) groups excluding carboxylic acids is 2. The summed E-state index contributed by atoms with van der Waals surface area (Å²) < 4.78 is 53.2. The summed E-state index contributed by atoms with van der Waals surface area (Å²) in [6, 6.07) is 3.47. The predicted octanol–water partition coefficient (Wildman–Crippen LogP) is 3.15. The van der Waals surface area contributed by atoms with E-state index in [-0.39, 0.29) is 40.9 Å². The molecule has 174 valence electrons. The highest BCUT2D eigenvalue weighted by Gasteiger charge is 2.28. The van der Waals surface area contributed by atoms with Crippen molar-refractivity contribution in [2.24, 2.45) is 0 Å². The molecule has 0 saturated carbocycles. The normalized spacial score (nSPS) is 15.8. The number of halogens is 3. The average Bonchev–Trinajstić information content (AvgIpc) is 3.43. The lowest BCUT2D eigenvalue weighted by atomic mass is 10.1. The fourth-order valence-corrected chi connectivity index (χ4v) is 3.47. The summed E-state index contributed by atoms with van der Waals surface area (Å²) in [5, 5.41) is 3.13. The topological polar surface area (TPSA) is 107 Å². The Kier molecular flexibility index (Phi) is 6.33. The number of rotatable bonds is 7. The number of ether oxygens (including phenoxy) is 2. The van der Waals surface area contributed by atoms with E-state index in [4.69, 9.17) is 9.15 Å².